The summed E-state index contributed by atoms with van der Waals surface area (Å²) in [5, 5.41) is 10.9. The predicted molar refractivity (Wildman–Crippen MR) is 134 cm³/mol. The molecule has 0 spiro atoms. The van der Waals surface area contributed by atoms with Crippen molar-refractivity contribution in [1.82, 2.24) is 10.4 Å². The number of fused-ring (bicyclic) bond motifs is 5. The van der Waals surface area contributed by atoms with Crippen molar-refractivity contribution in [3.63, 3.8) is 0 Å². The summed E-state index contributed by atoms with van der Waals surface area (Å²) in [5.41, 5.74) is 7.56. The maximum atomic E-state index is 13.4. The van der Waals surface area contributed by atoms with Gasteiger partial charge in [0.2, 0.25) is 5.91 Å². The van der Waals surface area contributed by atoms with E-state index in [4.69, 9.17) is 0 Å². The van der Waals surface area contributed by atoms with Crippen molar-refractivity contribution in [2.75, 3.05) is 18.5 Å². The minimum atomic E-state index is -0.960. The molecule has 2 amide bonds. The average Bonchev–Trinajstić information content (AvgIpc) is 3.06. The Morgan fingerprint density at radius 3 is 2.49 bits per heavy atom. The quantitative estimate of drug-likeness (QED) is 0.640. The minimum absolute atomic E-state index is 0.0148. The van der Waals surface area contributed by atoms with Gasteiger partial charge in [-0.1, -0.05) is 49.6 Å². The monoisotopic (exact) mass is 473 g/mol. The largest absolute Gasteiger partial charge is 0.478 e. The molecule has 2 aliphatic heterocycles. The van der Waals surface area contributed by atoms with Gasteiger partial charge in [0.05, 0.1) is 11.6 Å². The van der Waals surface area contributed by atoms with E-state index in [1.54, 1.807) is 19.2 Å². The zero-order valence-electron chi connectivity index (χ0n) is 20.2. The van der Waals surface area contributed by atoms with E-state index in [-0.39, 0.29) is 29.3 Å². The first-order chi connectivity index (χ1) is 16.8. The summed E-state index contributed by atoms with van der Waals surface area (Å²) in [6.07, 6.45) is 7.91. The van der Waals surface area contributed by atoms with E-state index in [1.165, 1.54) is 36.8 Å². The van der Waals surface area contributed by atoms with Crippen LogP contribution in [0.15, 0.2) is 48.0 Å². The van der Waals surface area contributed by atoms with Crippen LogP contribution in [-0.4, -0.2) is 41.5 Å². The number of carboxylic acid groups (broad SMARTS) is 1. The van der Waals surface area contributed by atoms with Gasteiger partial charge < -0.3 is 10.0 Å². The molecule has 2 heterocycles. The van der Waals surface area contributed by atoms with Gasteiger partial charge in [-0.05, 0) is 53.7 Å². The lowest BCUT2D eigenvalue weighted by atomic mass is 9.73. The van der Waals surface area contributed by atoms with Crippen LogP contribution >= 0.6 is 0 Å². The summed E-state index contributed by atoms with van der Waals surface area (Å²) in [5.74, 6) is -0.834. The molecule has 3 aliphatic rings. The van der Waals surface area contributed by atoms with Crippen molar-refractivity contribution >= 4 is 29.5 Å². The lowest BCUT2D eigenvalue weighted by molar-refractivity contribution is -0.135. The highest BCUT2D eigenvalue weighted by Crippen LogP contribution is 2.56. The number of hydrogen-bond acceptors (Lipinski definition) is 4. The number of hydrogen-bond donors (Lipinski definition) is 2. The number of anilines is 1. The normalized spacial score (nSPS) is 21.2. The summed E-state index contributed by atoms with van der Waals surface area (Å²) >= 11 is 0. The molecular weight excluding hydrogens is 442 g/mol. The Balaban J connectivity index is 1.65. The van der Waals surface area contributed by atoms with Crippen LogP contribution in [-0.2, 0) is 9.59 Å². The first-order valence-corrected chi connectivity index (χ1v) is 12.3. The van der Waals surface area contributed by atoms with Crippen molar-refractivity contribution in [1.29, 1.82) is 0 Å². The molecule has 1 saturated carbocycles. The maximum absolute atomic E-state index is 13.4. The van der Waals surface area contributed by atoms with Crippen LogP contribution in [0.25, 0.3) is 6.08 Å². The third-order valence-corrected chi connectivity index (χ3v) is 7.67. The van der Waals surface area contributed by atoms with Crippen molar-refractivity contribution in [2.24, 2.45) is 5.92 Å². The van der Waals surface area contributed by atoms with E-state index in [0.29, 0.717) is 18.0 Å². The van der Waals surface area contributed by atoms with Gasteiger partial charge in [0, 0.05) is 37.7 Å². The molecular formula is C28H31N3O4. The van der Waals surface area contributed by atoms with Gasteiger partial charge in [-0.2, -0.15) is 0 Å². The first kappa shape index (κ1) is 23.1. The minimum Gasteiger partial charge on any atom is -0.478 e. The number of benzene rings is 2. The highest BCUT2D eigenvalue weighted by molar-refractivity contribution is 6.00. The Morgan fingerprint density at radius 2 is 1.77 bits per heavy atom. The topological polar surface area (TPSA) is 90.0 Å². The fraction of sp³-hybridized carbons (Fsp3) is 0.393. The van der Waals surface area contributed by atoms with Crippen LogP contribution in [0.2, 0.25) is 0 Å². The van der Waals surface area contributed by atoms with Gasteiger partial charge in [-0.3, -0.25) is 20.0 Å². The van der Waals surface area contributed by atoms with Crippen LogP contribution in [0.5, 0.6) is 0 Å². The van der Waals surface area contributed by atoms with Crippen molar-refractivity contribution in [2.45, 2.75) is 51.0 Å². The number of carbonyl (C=O) groups is 3. The number of carboxylic acids is 1. The van der Waals surface area contributed by atoms with Crippen LogP contribution in [0.4, 0.5) is 5.69 Å². The summed E-state index contributed by atoms with van der Waals surface area (Å²) in [7, 11) is 1.55. The Morgan fingerprint density at radius 1 is 1.03 bits per heavy atom. The Labute approximate surface area is 205 Å². The average molecular weight is 474 g/mol. The third-order valence-electron chi connectivity index (χ3n) is 7.67. The van der Waals surface area contributed by atoms with Gasteiger partial charge in [-0.25, -0.2) is 4.79 Å². The van der Waals surface area contributed by atoms with E-state index in [9.17, 15) is 19.5 Å². The molecule has 182 valence electrons. The summed E-state index contributed by atoms with van der Waals surface area (Å²) in [4.78, 5) is 39.0. The second kappa shape index (κ2) is 9.21. The molecule has 35 heavy (non-hydrogen) atoms. The van der Waals surface area contributed by atoms with Crippen molar-refractivity contribution in [3.05, 3.63) is 70.3 Å². The molecule has 2 N–H and O–H groups in total. The molecule has 2 unspecified atom stereocenters. The van der Waals surface area contributed by atoms with Gasteiger partial charge in [0.25, 0.3) is 5.91 Å². The molecule has 5 rings (SSSR count). The Bertz CT molecular complexity index is 1210. The molecule has 7 heteroatoms. The zero-order chi connectivity index (χ0) is 24.7. The van der Waals surface area contributed by atoms with Gasteiger partial charge >= 0.3 is 5.97 Å². The third kappa shape index (κ3) is 4.20. The Hall–Kier alpha value is -3.61. The summed E-state index contributed by atoms with van der Waals surface area (Å²) < 4.78 is 0. The van der Waals surface area contributed by atoms with E-state index in [0.717, 1.165) is 29.7 Å². The fourth-order valence-electron chi connectivity index (χ4n) is 6.23. The molecule has 1 fully saturated rings. The van der Waals surface area contributed by atoms with Gasteiger partial charge in [0.1, 0.15) is 0 Å². The Kier molecular flexibility index (Phi) is 6.09. The summed E-state index contributed by atoms with van der Waals surface area (Å²) in [6, 6.07) is 13.7. The van der Waals surface area contributed by atoms with E-state index in [2.05, 4.69) is 16.4 Å². The molecule has 7 nitrogen and oxygen atoms in total. The van der Waals surface area contributed by atoms with Crippen LogP contribution < -0.4 is 10.3 Å². The SMILES string of the molecule is CC(=O)NN(C)C(=O)C1=Cc2ccccc2C2C(C3CCCCC3)c3ccc(C(=O)O)cc3N2C1. The highest BCUT2D eigenvalue weighted by atomic mass is 16.4. The zero-order valence-corrected chi connectivity index (χ0v) is 20.2. The number of hydrazine groups is 1. The standard InChI is InChI=1S/C28H31N3O4/c1-17(32)29-30(2)27(33)21-14-19-10-6-7-11-22(19)26-25(18-8-4-3-5-9-18)23-13-12-20(28(34)35)15-24(23)31(26)16-21/h6-7,10-15,18,25-26H,3-5,8-9,16H2,1-2H3,(H,29,32)(H,34,35). The molecule has 2 aromatic rings. The first-order valence-electron chi connectivity index (χ1n) is 12.3. The van der Waals surface area contributed by atoms with Crippen molar-refractivity contribution in [3.8, 4) is 0 Å². The number of amides is 2. The number of nitrogens with zero attached hydrogens (tertiary/aromatic N) is 2. The fourth-order valence-corrected chi connectivity index (χ4v) is 6.23. The lowest BCUT2D eigenvalue weighted by Gasteiger charge is -2.36. The maximum Gasteiger partial charge on any atom is 0.335 e. The lowest BCUT2D eigenvalue weighted by Crippen LogP contribution is -2.44. The second-order valence-electron chi connectivity index (χ2n) is 9.91. The smallest absolute Gasteiger partial charge is 0.335 e. The predicted octanol–water partition coefficient (Wildman–Crippen LogP) is 4.52. The molecule has 0 saturated heterocycles. The van der Waals surface area contributed by atoms with Crippen molar-refractivity contribution < 1.29 is 19.5 Å². The van der Waals surface area contributed by atoms with Gasteiger partial charge in [0.15, 0.2) is 0 Å². The molecule has 0 aromatic heterocycles. The number of carbonyl (C=O) groups excluding carboxylic acids is 2. The molecule has 0 bridgehead atoms. The summed E-state index contributed by atoms with van der Waals surface area (Å²) in [6.45, 7) is 1.71. The number of aromatic carboxylic acids is 1. The molecule has 1 aliphatic carbocycles. The second-order valence-corrected chi connectivity index (χ2v) is 9.91. The van der Waals surface area contributed by atoms with Gasteiger partial charge in [-0.15, -0.1) is 0 Å². The number of nitrogens with one attached hydrogen (secondary N) is 1. The molecule has 2 aromatic carbocycles. The molecule has 0 radical (unpaired) electrons. The van der Waals surface area contributed by atoms with Crippen LogP contribution in [0.3, 0.4) is 0 Å². The van der Waals surface area contributed by atoms with E-state index >= 15 is 0 Å². The van der Waals surface area contributed by atoms with E-state index in [1.807, 2.05) is 30.3 Å². The highest BCUT2D eigenvalue weighted by Gasteiger charge is 2.46. The molecule has 2 atom stereocenters. The van der Waals surface area contributed by atoms with Crippen LogP contribution in [0.1, 0.15) is 78.0 Å². The number of likely N-dealkylation sites (N-methyl/N-ethyl adjacent to an activating group) is 1. The van der Waals surface area contributed by atoms with E-state index < -0.39 is 5.97 Å². The number of rotatable bonds is 3. The van der Waals surface area contributed by atoms with Crippen LogP contribution in [0, 0.1) is 5.92 Å².